The van der Waals surface area contributed by atoms with E-state index in [9.17, 15) is 0 Å². The Labute approximate surface area is 100 Å². The van der Waals surface area contributed by atoms with Crippen molar-refractivity contribution in [1.82, 2.24) is 15.1 Å². The van der Waals surface area contributed by atoms with Crippen LogP contribution in [0.2, 0.25) is 0 Å². The highest BCUT2D eigenvalue weighted by Gasteiger charge is 2.03. The zero-order valence-electron chi connectivity index (χ0n) is 8.07. The number of hydrogen-bond acceptors (Lipinski definition) is 5. The third-order valence-corrected chi connectivity index (χ3v) is 2.56. The molecule has 0 aromatic carbocycles. The third-order valence-electron chi connectivity index (χ3n) is 1.77. The van der Waals surface area contributed by atoms with Crippen LogP contribution in [-0.4, -0.2) is 15.1 Å². The summed E-state index contributed by atoms with van der Waals surface area (Å²) in [5, 5.41) is 6.95. The molecule has 15 heavy (non-hydrogen) atoms. The second-order valence-corrected chi connectivity index (χ2v) is 4.17. The molecule has 0 spiro atoms. The van der Waals surface area contributed by atoms with E-state index in [0.29, 0.717) is 6.54 Å². The van der Waals surface area contributed by atoms with Gasteiger partial charge in [0.05, 0.1) is 15.8 Å². The minimum absolute atomic E-state index is 0.577. The molecule has 2 aromatic rings. The van der Waals surface area contributed by atoms with Gasteiger partial charge in [-0.15, -0.1) is 0 Å². The van der Waals surface area contributed by atoms with E-state index in [0.717, 1.165) is 20.8 Å². The van der Waals surface area contributed by atoms with Gasteiger partial charge in [-0.2, -0.15) is 0 Å². The molecule has 5 nitrogen and oxygen atoms in total. The van der Waals surface area contributed by atoms with Gasteiger partial charge in [0.2, 0.25) is 0 Å². The Morgan fingerprint density at radius 2 is 2.40 bits per heavy atom. The largest absolute Gasteiger partial charge is 0.362 e. The minimum atomic E-state index is 0.577. The number of nitrogens with zero attached hydrogens (tertiary/aromatic N) is 3. The first-order valence-electron chi connectivity index (χ1n) is 4.37. The molecule has 0 saturated heterocycles. The quantitative estimate of drug-likeness (QED) is 0.878. The molecule has 0 radical (unpaired) electrons. The Kier molecular flexibility index (Phi) is 3.14. The number of aromatic nitrogens is 3. The highest BCUT2D eigenvalue weighted by atomic mass is 127. The van der Waals surface area contributed by atoms with Crippen LogP contribution in [0.3, 0.4) is 0 Å². The number of nitrogens with one attached hydrogen (secondary N) is 1. The van der Waals surface area contributed by atoms with Crippen LogP contribution in [0.1, 0.15) is 11.5 Å². The molecule has 0 fully saturated rings. The molecule has 0 aliphatic carbocycles. The molecule has 0 bridgehead atoms. The normalized spacial score (nSPS) is 10.3. The zero-order valence-corrected chi connectivity index (χ0v) is 10.2. The molecule has 0 aliphatic heterocycles. The van der Waals surface area contributed by atoms with Crippen LogP contribution in [0.4, 0.5) is 5.82 Å². The number of hydrogen-bond donors (Lipinski definition) is 1. The molecule has 2 rings (SSSR count). The van der Waals surface area contributed by atoms with E-state index in [2.05, 4.69) is 43.0 Å². The molecule has 0 atom stereocenters. The van der Waals surface area contributed by atoms with Crippen molar-refractivity contribution in [1.29, 1.82) is 0 Å². The maximum atomic E-state index is 5.07. The number of aryl methyl sites for hydroxylation is 1. The van der Waals surface area contributed by atoms with E-state index in [1.807, 2.05) is 13.0 Å². The number of halogens is 1. The first kappa shape index (κ1) is 10.3. The van der Waals surface area contributed by atoms with Crippen LogP contribution in [0.15, 0.2) is 23.1 Å². The molecule has 78 valence electrons. The van der Waals surface area contributed by atoms with Gasteiger partial charge >= 0.3 is 0 Å². The lowest BCUT2D eigenvalue weighted by Crippen LogP contribution is -2.02. The van der Waals surface area contributed by atoms with Crippen LogP contribution in [-0.2, 0) is 6.54 Å². The second kappa shape index (κ2) is 4.56. The predicted octanol–water partition coefficient (Wildman–Crippen LogP) is 1.99. The summed E-state index contributed by atoms with van der Waals surface area (Å²) in [6.07, 6.45) is 3.26. The lowest BCUT2D eigenvalue weighted by molar-refractivity contribution is 0.384. The summed E-state index contributed by atoms with van der Waals surface area (Å²) in [5.74, 6) is 1.60. The highest BCUT2D eigenvalue weighted by molar-refractivity contribution is 14.1. The van der Waals surface area contributed by atoms with Gasteiger partial charge < -0.3 is 9.84 Å². The SMILES string of the molecule is Cc1cc(CNc2ncncc2I)on1. The fourth-order valence-corrected chi connectivity index (χ4v) is 1.60. The van der Waals surface area contributed by atoms with Crippen LogP contribution in [0, 0.1) is 10.5 Å². The van der Waals surface area contributed by atoms with Crippen molar-refractivity contribution in [3.63, 3.8) is 0 Å². The van der Waals surface area contributed by atoms with E-state index in [1.165, 1.54) is 6.33 Å². The van der Waals surface area contributed by atoms with Crippen molar-refractivity contribution in [3.05, 3.63) is 33.6 Å². The molecule has 2 aromatic heterocycles. The summed E-state index contributed by atoms with van der Waals surface area (Å²) in [7, 11) is 0. The van der Waals surface area contributed by atoms with Crippen molar-refractivity contribution < 1.29 is 4.52 Å². The molecule has 0 aliphatic rings. The standard InChI is InChI=1S/C9H9IN4O/c1-6-2-7(15-14-6)3-12-9-8(10)4-11-5-13-9/h2,4-5H,3H2,1H3,(H,11,12,13). The van der Waals surface area contributed by atoms with Gasteiger partial charge in [-0.25, -0.2) is 9.97 Å². The van der Waals surface area contributed by atoms with Crippen molar-refractivity contribution in [3.8, 4) is 0 Å². The van der Waals surface area contributed by atoms with Crippen LogP contribution >= 0.6 is 22.6 Å². The molecular formula is C9H9IN4O. The van der Waals surface area contributed by atoms with Gasteiger partial charge in [0, 0.05) is 12.3 Å². The maximum absolute atomic E-state index is 5.07. The monoisotopic (exact) mass is 316 g/mol. The third kappa shape index (κ3) is 2.65. The van der Waals surface area contributed by atoms with Crippen LogP contribution in [0.5, 0.6) is 0 Å². The highest BCUT2D eigenvalue weighted by Crippen LogP contribution is 2.13. The van der Waals surface area contributed by atoms with E-state index in [1.54, 1.807) is 6.20 Å². The fraction of sp³-hybridized carbons (Fsp3) is 0.222. The van der Waals surface area contributed by atoms with Gasteiger partial charge in [0.15, 0.2) is 5.76 Å². The topological polar surface area (TPSA) is 63.8 Å². The van der Waals surface area contributed by atoms with Crippen molar-refractivity contribution in [2.75, 3.05) is 5.32 Å². The Bertz CT molecular complexity index is 457. The first-order valence-corrected chi connectivity index (χ1v) is 5.45. The van der Waals surface area contributed by atoms with Crippen molar-refractivity contribution >= 4 is 28.4 Å². The van der Waals surface area contributed by atoms with Gasteiger partial charge in [0.25, 0.3) is 0 Å². The molecular weight excluding hydrogens is 307 g/mol. The summed E-state index contributed by atoms with van der Waals surface area (Å²) < 4.78 is 6.05. The lowest BCUT2D eigenvalue weighted by atomic mass is 10.4. The lowest BCUT2D eigenvalue weighted by Gasteiger charge is -2.03. The average molecular weight is 316 g/mol. The molecule has 0 saturated carbocycles. The smallest absolute Gasteiger partial charge is 0.156 e. The number of rotatable bonds is 3. The molecule has 2 heterocycles. The van der Waals surface area contributed by atoms with Gasteiger partial charge in [0.1, 0.15) is 12.1 Å². The average Bonchev–Trinajstić information content (AvgIpc) is 2.63. The maximum Gasteiger partial charge on any atom is 0.156 e. The van der Waals surface area contributed by atoms with Crippen LogP contribution in [0.25, 0.3) is 0 Å². The zero-order chi connectivity index (χ0) is 10.7. The Hall–Kier alpha value is -1.18. The molecule has 0 unspecified atom stereocenters. The Morgan fingerprint density at radius 1 is 1.53 bits per heavy atom. The Morgan fingerprint density at radius 3 is 3.07 bits per heavy atom. The van der Waals surface area contributed by atoms with Gasteiger partial charge in [-0.1, -0.05) is 5.16 Å². The molecule has 6 heteroatoms. The summed E-state index contributed by atoms with van der Waals surface area (Å²) in [5.41, 5.74) is 0.879. The van der Waals surface area contributed by atoms with Crippen molar-refractivity contribution in [2.24, 2.45) is 0 Å². The van der Waals surface area contributed by atoms with Crippen molar-refractivity contribution in [2.45, 2.75) is 13.5 Å². The summed E-state index contributed by atoms with van der Waals surface area (Å²) >= 11 is 2.17. The molecule has 1 N–H and O–H groups in total. The van der Waals surface area contributed by atoms with Crippen LogP contribution < -0.4 is 5.32 Å². The second-order valence-electron chi connectivity index (χ2n) is 3.01. The molecule has 0 amide bonds. The van der Waals surface area contributed by atoms with E-state index in [4.69, 9.17) is 4.52 Å². The predicted molar refractivity (Wildman–Crippen MR) is 63.3 cm³/mol. The summed E-state index contributed by atoms with van der Waals surface area (Å²) in [6, 6.07) is 1.89. The van der Waals surface area contributed by atoms with E-state index in [-0.39, 0.29) is 0 Å². The minimum Gasteiger partial charge on any atom is -0.362 e. The number of anilines is 1. The summed E-state index contributed by atoms with van der Waals surface area (Å²) in [6.45, 7) is 2.47. The Balaban J connectivity index is 2.02. The first-order chi connectivity index (χ1) is 7.25. The fourth-order valence-electron chi connectivity index (χ4n) is 1.11. The van der Waals surface area contributed by atoms with E-state index >= 15 is 0 Å². The van der Waals surface area contributed by atoms with Gasteiger partial charge in [-0.05, 0) is 29.5 Å². The van der Waals surface area contributed by atoms with E-state index < -0.39 is 0 Å². The summed E-state index contributed by atoms with van der Waals surface area (Å²) in [4.78, 5) is 8.02. The van der Waals surface area contributed by atoms with Gasteiger partial charge in [-0.3, -0.25) is 0 Å².